The lowest BCUT2D eigenvalue weighted by Crippen LogP contribution is -2.35. The van der Waals surface area contributed by atoms with Crippen LogP contribution in [-0.4, -0.2) is 54.1 Å². The average molecular weight is 919 g/mol. The summed E-state index contributed by atoms with van der Waals surface area (Å²) in [5, 5.41) is 10.3. The molecule has 0 saturated heterocycles. The minimum Gasteiger partial charge on any atom is -0.474 e. The van der Waals surface area contributed by atoms with Crippen LogP contribution in [0.2, 0.25) is 0 Å². The van der Waals surface area contributed by atoms with E-state index in [2.05, 4.69) is 44.4 Å². The molecule has 0 spiro atoms. The molecule has 0 bridgehead atoms. The highest BCUT2D eigenvalue weighted by molar-refractivity contribution is 5.96. The molecule has 16 heteroatoms. The molecule has 6 aromatic rings. The quantitative estimate of drug-likeness (QED) is 0.0747. The Labute approximate surface area is 394 Å². The predicted molar refractivity (Wildman–Crippen MR) is 256 cm³/mol. The third-order valence-corrected chi connectivity index (χ3v) is 14.8. The van der Waals surface area contributed by atoms with Gasteiger partial charge in [0.05, 0.1) is 21.9 Å². The number of aromatic nitrogens is 6. The molecule has 68 heavy (non-hydrogen) atoms. The van der Waals surface area contributed by atoms with Crippen LogP contribution in [0.4, 0.5) is 23.3 Å². The summed E-state index contributed by atoms with van der Waals surface area (Å²) in [7, 11) is 0. The van der Waals surface area contributed by atoms with Gasteiger partial charge in [0, 0.05) is 35.9 Å². The molecule has 6 aromatic heterocycles. The van der Waals surface area contributed by atoms with Gasteiger partial charge in [-0.15, -0.1) is 0 Å². The Kier molecular flexibility index (Phi) is 10.4. The Balaban J connectivity index is 0.000000149. The molecule has 16 nitrogen and oxygen atoms in total. The third kappa shape index (κ3) is 8.00. The molecule has 6 N–H and O–H groups in total. The number of esters is 2. The van der Waals surface area contributed by atoms with Gasteiger partial charge in [0.25, 0.3) is 0 Å². The fraction of sp³-hybridized carbons (Fsp3) is 0.462. The average Bonchev–Trinajstić information content (AvgIpc) is 4.11. The number of fused-ring (bicyclic) bond motifs is 4. The summed E-state index contributed by atoms with van der Waals surface area (Å²) in [6.07, 6.45) is 17.8. The molecule has 0 unspecified atom stereocenters. The standard InChI is InChI=1S/2C26H29N5O3/c2*1-4-25(2)22-16(24(32)34-25)9-10-20(31-22)30-21-11-17-18(12-28-21)23(33-15-7-8-15)29-13-19(17)26(3,27)14-5-6-14/h2*9-15H,4-8,27H2,1-3H3,(H,28,30,31)/t25-,26+;25-,26-/m01/s1. The maximum atomic E-state index is 12.2. The highest BCUT2D eigenvalue weighted by Gasteiger charge is 2.45. The molecule has 4 saturated carbocycles. The van der Waals surface area contributed by atoms with Gasteiger partial charge in [-0.2, -0.15) is 0 Å². The number of rotatable bonds is 14. The van der Waals surface area contributed by atoms with Gasteiger partial charge in [0.1, 0.15) is 46.9 Å². The van der Waals surface area contributed by atoms with Crippen LogP contribution in [-0.2, 0) is 31.8 Å². The van der Waals surface area contributed by atoms with Crippen molar-refractivity contribution < 1.29 is 28.5 Å². The number of nitrogens with zero attached hydrogens (tertiary/aromatic N) is 6. The van der Waals surface area contributed by atoms with Crippen LogP contribution in [0.3, 0.4) is 0 Å². The molecule has 0 aromatic carbocycles. The smallest absolute Gasteiger partial charge is 0.341 e. The highest BCUT2D eigenvalue weighted by Crippen LogP contribution is 2.49. The second kappa shape index (κ2) is 16.0. The molecule has 0 amide bonds. The number of ether oxygens (including phenoxy) is 4. The summed E-state index contributed by atoms with van der Waals surface area (Å²) in [5.41, 5.74) is 15.6. The van der Waals surface area contributed by atoms with Gasteiger partial charge in [-0.25, -0.2) is 39.5 Å². The first kappa shape index (κ1) is 44.0. The monoisotopic (exact) mass is 918 g/mol. The number of pyridine rings is 6. The molecule has 12 rings (SSSR count). The van der Waals surface area contributed by atoms with E-state index < -0.39 is 22.3 Å². The summed E-state index contributed by atoms with van der Waals surface area (Å²) in [6, 6.07) is 11.1. The van der Waals surface area contributed by atoms with Gasteiger partial charge in [-0.05, 0) is 162 Å². The molecule has 352 valence electrons. The number of nitrogens with one attached hydrogen (secondary N) is 2. The van der Waals surface area contributed by atoms with E-state index >= 15 is 0 Å². The number of hydrogen-bond acceptors (Lipinski definition) is 16. The van der Waals surface area contributed by atoms with Crippen molar-refractivity contribution in [3.8, 4) is 11.8 Å². The third-order valence-electron chi connectivity index (χ3n) is 14.8. The van der Waals surface area contributed by atoms with Gasteiger partial charge in [-0.3, -0.25) is 0 Å². The summed E-state index contributed by atoms with van der Waals surface area (Å²) in [4.78, 5) is 52.4. The lowest BCUT2D eigenvalue weighted by molar-refractivity contribution is -0.00314. The number of nitrogens with two attached hydrogens (primary N) is 2. The minimum absolute atomic E-state index is 0.237. The van der Waals surface area contributed by atoms with Gasteiger partial charge < -0.3 is 41.0 Å². The summed E-state index contributed by atoms with van der Waals surface area (Å²) < 4.78 is 23.3. The summed E-state index contributed by atoms with van der Waals surface area (Å²) >= 11 is 0. The normalized spacial score (nSPS) is 23.4. The van der Waals surface area contributed by atoms with E-state index in [9.17, 15) is 9.59 Å². The number of anilines is 4. The zero-order valence-corrected chi connectivity index (χ0v) is 39.4. The molecular weight excluding hydrogens is 861 g/mol. The van der Waals surface area contributed by atoms with E-state index in [4.69, 9.17) is 40.4 Å². The van der Waals surface area contributed by atoms with Crippen molar-refractivity contribution in [2.24, 2.45) is 23.3 Å². The topological polar surface area (TPSA) is 224 Å². The first-order valence-electron chi connectivity index (χ1n) is 24.1. The van der Waals surface area contributed by atoms with Crippen molar-refractivity contribution in [1.29, 1.82) is 0 Å². The number of hydrogen-bond donors (Lipinski definition) is 4. The summed E-state index contributed by atoms with van der Waals surface area (Å²) in [5.74, 6) is 3.93. The zero-order valence-electron chi connectivity index (χ0n) is 39.4. The number of cyclic esters (lactones) is 2. The molecule has 6 aliphatic rings. The fourth-order valence-electron chi connectivity index (χ4n) is 9.45. The van der Waals surface area contributed by atoms with Crippen molar-refractivity contribution in [2.75, 3.05) is 10.6 Å². The van der Waals surface area contributed by atoms with Gasteiger partial charge in [-0.1, -0.05) is 13.8 Å². The van der Waals surface area contributed by atoms with Gasteiger partial charge in [0.2, 0.25) is 11.8 Å². The van der Waals surface area contributed by atoms with E-state index in [-0.39, 0.29) is 24.1 Å². The summed E-state index contributed by atoms with van der Waals surface area (Å²) in [6.45, 7) is 11.9. The first-order chi connectivity index (χ1) is 32.6. The molecule has 4 fully saturated rings. The minimum atomic E-state index is -0.722. The van der Waals surface area contributed by atoms with Crippen molar-refractivity contribution in [3.63, 3.8) is 0 Å². The predicted octanol–water partition coefficient (Wildman–Crippen LogP) is 9.38. The second-order valence-electron chi connectivity index (χ2n) is 20.3. The van der Waals surface area contributed by atoms with Crippen LogP contribution < -0.4 is 31.6 Å². The van der Waals surface area contributed by atoms with E-state index in [1.165, 1.54) is 0 Å². The number of carbonyl (C=O) groups excluding carboxylic acids is 2. The molecule has 8 heterocycles. The van der Waals surface area contributed by atoms with Crippen LogP contribution in [0.25, 0.3) is 21.5 Å². The molecular formula is C52H58N10O6. The van der Waals surface area contributed by atoms with Gasteiger partial charge >= 0.3 is 11.9 Å². The molecule has 2 aliphatic heterocycles. The maximum absolute atomic E-state index is 12.2. The van der Waals surface area contributed by atoms with Crippen LogP contribution in [0.5, 0.6) is 11.8 Å². The highest BCUT2D eigenvalue weighted by atomic mass is 16.6. The molecule has 4 aliphatic carbocycles. The Morgan fingerprint density at radius 1 is 0.588 bits per heavy atom. The largest absolute Gasteiger partial charge is 0.474 e. The lowest BCUT2D eigenvalue weighted by Gasteiger charge is -2.27. The molecule has 0 radical (unpaired) electrons. The van der Waals surface area contributed by atoms with Gasteiger partial charge in [0.15, 0.2) is 11.2 Å². The van der Waals surface area contributed by atoms with Crippen molar-refractivity contribution >= 4 is 56.8 Å². The van der Waals surface area contributed by atoms with Crippen molar-refractivity contribution in [2.45, 2.75) is 140 Å². The Morgan fingerprint density at radius 2 is 0.985 bits per heavy atom. The zero-order chi connectivity index (χ0) is 47.3. The maximum Gasteiger partial charge on any atom is 0.341 e. The Hall–Kier alpha value is -6.52. The van der Waals surface area contributed by atoms with Crippen LogP contribution >= 0.6 is 0 Å². The van der Waals surface area contributed by atoms with Crippen LogP contribution in [0.1, 0.15) is 149 Å². The molecule has 4 atom stereocenters. The van der Waals surface area contributed by atoms with Crippen LogP contribution in [0.15, 0.2) is 61.2 Å². The Bertz CT molecular complexity index is 2830. The SMILES string of the molecule is CC[C@@]1(C)OC(=O)c2ccc(Nc3cc4c([C@](C)(N)C5CC5)cnc(OC5CC5)c4cn3)nc21.CC[C@]1(C)OC(=O)c2ccc(Nc3cc4c([C@](C)(N)C5CC5)cnc(OC5CC5)c4cn3)nc21. The lowest BCUT2D eigenvalue weighted by atomic mass is 9.86. The van der Waals surface area contributed by atoms with Crippen LogP contribution in [0, 0.1) is 11.8 Å². The van der Waals surface area contributed by atoms with E-state index in [0.717, 1.165) is 84.0 Å². The van der Waals surface area contributed by atoms with E-state index in [0.29, 0.717) is 82.2 Å². The van der Waals surface area contributed by atoms with Crippen molar-refractivity contribution in [1.82, 2.24) is 29.9 Å². The van der Waals surface area contributed by atoms with E-state index in [1.54, 1.807) is 36.7 Å². The van der Waals surface area contributed by atoms with E-state index in [1.807, 2.05) is 52.2 Å². The second-order valence-corrected chi connectivity index (χ2v) is 20.3. The Morgan fingerprint density at radius 3 is 1.34 bits per heavy atom. The first-order valence-corrected chi connectivity index (χ1v) is 24.1. The number of carbonyl (C=O) groups is 2. The fourth-order valence-corrected chi connectivity index (χ4v) is 9.45. The van der Waals surface area contributed by atoms with Crippen molar-refractivity contribution in [3.05, 3.63) is 94.8 Å².